The van der Waals surface area contributed by atoms with E-state index >= 15 is 0 Å². The predicted molar refractivity (Wildman–Crippen MR) is 83.4 cm³/mol. The summed E-state index contributed by atoms with van der Waals surface area (Å²) >= 11 is 0. The van der Waals surface area contributed by atoms with Crippen LogP contribution in [0.3, 0.4) is 0 Å². The highest BCUT2D eigenvalue weighted by molar-refractivity contribution is 5.45. The van der Waals surface area contributed by atoms with E-state index in [1.54, 1.807) is 0 Å². The SMILES string of the molecule is Cc1c(CC(F)(F)F)nn(C(c2ccc(C(F)(F)F)c(F)c2)C2CC2)c1N. The maximum atomic E-state index is 14.0. The highest BCUT2D eigenvalue weighted by Crippen LogP contribution is 2.45. The fourth-order valence-corrected chi connectivity index (χ4v) is 3.12. The first kappa shape index (κ1) is 19.5. The summed E-state index contributed by atoms with van der Waals surface area (Å²) in [6, 6.07) is 1.78. The van der Waals surface area contributed by atoms with E-state index < -0.39 is 36.2 Å². The molecule has 1 aliphatic carbocycles. The molecule has 0 saturated heterocycles. The summed E-state index contributed by atoms with van der Waals surface area (Å²) < 4.78 is 91.6. The van der Waals surface area contributed by atoms with Crippen molar-refractivity contribution in [3.8, 4) is 0 Å². The van der Waals surface area contributed by atoms with E-state index in [0.717, 1.165) is 12.1 Å². The van der Waals surface area contributed by atoms with Gasteiger partial charge in [-0.2, -0.15) is 31.4 Å². The van der Waals surface area contributed by atoms with Gasteiger partial charge in [-0.25, -0.2) is 9.07 Å². The Morgan fingerprint density at radius 3 is 2.30 bits per heavy atom. The number of anilines is 1. The van der Waals surface area contributed by atoms with Crippen molar-refractivity contribution in [3.63, 3.8) is 0 Å². The van der Waals surface area contributed by atoms with E-state index in [0.29, 0.717) is 18.9 Å². The Morgan fingerprint density at radius 2 is 1.81 bits per heavy atom. The van der Waals surface area contributed by atoms with Crippen LogP contribution < -0.4 is 5.73 Å². The third kappa shape index (κ3) is 4.03. The van der Waals surface area contributed by atoms with Gasteiger partial charge >= 0.3 is 12.4 Å². The van der Waals surface area contributed by atoms with Gasteiger partial charge in [0, 0.05) is 5.56 Å². The van der Waals surface area contributed by atoms with E-state index in [1.807, 2.05) is 0 Å². The summed E-state index contributed by atoms with van der Waals surface area (Å²) in [7, 11) is 0. The molecule has 1 saturated carbocycles. The molecule has 2 N–H and O–H groups in total. The Bertz CT molecular complexity index is 847. The third-order valence-corrected chi connectivity index (χ3v) is 4.63. The fraction of sp³-hybridized carbons (Fsp3) is 0.471. The summed E-state index contributed by atoms with van der Waals surface area (Å²) in [6.45, 7) is 1.40. The molecule has 10 heteroatoms. The van der Waals surface area contributed by atoms with Crippen LogP contribution in [-0.2, 0) is 12.6 Å². The number of hydrogen-bond acceptors (Lipinski definition) is 2. The Balaban J connectivity index is 2.03. The molecule has 0 bridgehead atoms. The maximum Gasteiger partial charge on any atom is 0.419 e. The van der Waals surface area contributed by atoms with Crippen LogP contribution in [0.25, 0.3) is 0 Å². The van der Waals surface area contributed by atoms with Gasteiger partial charge in [0.25, 0.3) is 0 Å². The monoisotopic (exact) mass is 395 g/mol. The second kappa shape index (κ2) is 6.42. The van der Waals surface area contributed by atoms with Crippen LogP contribution in [0.5, 0.6) is 0 Å². The Kier molecular flexibility index (Phi) is 4.63. The molecule has 1 fully saturated rings. The number of halogens is 7. The standard InChI is InChI=1S/C17H16F7N3/c1-8-13(7-16(19,20)21)26-27(15(8)25)14(9-2-3-9)10-4-5-11(12(18)6-10)17(22,23)24/h4-6,9,14H,2-3,7,25H2,1H3. The quantitative estimate of drug-likeness (QED) is 0.738. The van der Waals surface area contributed by atoms with Gasteiger partial charge in [-0.15, -0.1) is 0 Å². The van der Waals surface area contributed by atoms with Crippen LogP contribution in [0, 0.1) is 18.7 Å². The van der Waals surface area contributed by atoms with Crippen molar-refractivity contribution >= 4 is 5.82 Å². The number of benzene rings is 1. The lowest BCUT2D eigenvalue weighted by Gasteiger charge is -2.20. The van der Waals surface area contributed by atoms with E-state index in [1.165, 1.54) is 11.6 Å². The summed E-state index contributed by atoms with van der Waals surface area (Å²) in [6.07, 6.45) is -9.19. The molecule has 0 aliphatic heterocycles. The molecule has 1 aromatic heterocycles. The number of nitrogens with zero attached hydrogens (tertiary/aromatic N) is 2. The molecule has 1 atom stereocenters. The first-order valence-corrected chi connectivity index (χ1v) is 8.15. The van der Waals surface area contributed by atoms with Gasteiger partial charge in [0.2, 0.25) is 0 Å². The molecule has 3 nitrogen and oxygen atoms in total. The largest absolute Gasteiger partial charge is 0.419 e. The van der Waals surface area contributed by atoms with E-state index in [-0.39, 0.29) is 28.6 Å². The minimum absolute atomic E-state index is 0.00791. The first-order valence-electron chi connectivity index (χ1n) is 8.15. The van der Waals surface area contributed by atoms with Crippen molar-refractivity contribution in [2.75, 3.05) is 5.73 Å². The van der Waals surface area contributed by atoms with Crippen LogP contribution >= 0.6 is 0 Å². The molecule has 148 valence electrons. The Hall–Kier alpha value is -2.26. The molecule has 0 spiro atoms. The Labute approximate surface area is 150 Å². The van der Waals surface area contributed by atoms with Gasteiger partial charge < -0.3 is 5.73 Å². The predicted octanol–water partition coefficient (Wildman–Crippen LogP) is 5.04. The van der Waals surface area contributed by atoms with Gasteiger partial charge in [0.1, 0.15) is 11.6 Å². The van der Waals surface area contributed by atoms with Crippen LogP contribution in [0.2, 0.25) is 0 Å². The summed E-state index contributed by atoms with van der Waals surface area (Å²) in [5.41, 5.74) is 4.62. The lowest BCUT2D eigenvalue weighted by Crippen LogP contribution is -2.18. The van der Waals surface area contributed by atoms with Crippen LogP contribution in [0.1, 0.15) is 41.3 Å². The smallest absolute Gasteiger partial charge is 0.384 e. The number of aromatic nitrogens is 2. The van der Waals surface area contributed by atoms with Crippen molar-refractivity contribution in [1.82, 2.24) is 9.78 Å². The normalized spacial score (nSPS) is 16.6. The fourth-order valence-electron chi connectivity index (χ4n) is 3.12. The average Bonchev–Trinajstić information content (AvgIpc) is 3.30. The highest BCUT2D eigenvalue weighted by atomic mass is 19.4. The lowest BCUT2D eigenvalue weighted by atomic mass is 10.00. The molecule has 1 aliphatic rings. The van der Waals surface area contributed by atoms with Crippen molar-refractivity contribution in [2.24, 2.45) is 5.92 Å². The first-order chi connectivity index (χ1) is 12.4. The average molecular weight is 395 g/mol. The summed E-state index contributed by atoms with van der Waals surface area (Å²) in [4.78, 5) is 0. The van der Waals surface area contributed by atoms with E-state index in [2.05, 4.69) is 5.10 Å². The molecule has 27 heavy (non-hydrogen) atoms. The van der Waals surface area contributed by atoms with Crippen molar-refractivity contribution in [3.05, 3.63) is 46.4 Å². The molecular formula is C17H16F7N3. The molecule has 1 unspecified atom stereocenters. The highest BCUT2D eigenvalue weighted by Gasteiger charge is 2.39. The van der Waals surface area contributed by atoms with Crippen LogP contribution in [0.4, 0.5) is 36.6 Å². The van der Waals surface area contributed by atoms with E-state index in [9.17, 15) is 30.7 Å². The number of alkyl halides is 6. The minimum atomic E-state index is -4.83. The third-order valence-electron chi connectivity index (χ3n) is 4.63. The van der Waals surface area contributed by atoms with Crippen LogP contribution in [-0.4, -0.2) is 16.0 Å². The van der Waals surface area contributed by atoms with Gasteiger partial charge in [0.05, 0.1) is 23.7 Å². The number of nitrogens with two attached hydrogens (primary N) is 1. The zero-order valence-electron chi connectivity index (χ0n) is 14.1. The summed E-state index contributed by atoms with van der Waals surface area (Å²) in [5.74, 6) is -1.53. The summed E-state index contributed by atoms with van der Waals surface area (Å²) in [5, 5.41) is 3.96. The molecule has 2 aromatic rings. The topological polar surface area (TPSA) is 43.8 Å². The molecule has 0 amide bonds. The maximum absolute atomic E-state index is 14.0. The second-order valence-corrected chi connectivity index (χ2v) is 6.71. The zero-order chi connectivity index (χ0) is 20.1. The minimum Gasteiger partial charge on any atom is -0.384 e. The molecule has 1 aromatic carbocycles. The molecule has 1 heterocycles. The number of rotatable bonds is 4. The molecule has 3 rings (SSSR count). The van der Waals surface area contributed by atoms with Gasteiger partial charge in [-0.1, -0.05) is 6.07 Å². The van der Waals surface area contributed by atoms with E-state index in [4.69, 9.17) is 5.73 Å². The molecular weight excluding hydrogens is 379 g/mol. The molecule has 0 radical (unpaired) electrons. The van der Waals surface area contributed by atoms with Crippen molar-refractivity contribution < 1.29 is 30.7 Å². The van der Waals surface area contributed by atoms with Crippen molar-refractivity contribution in [1.29, 1.82) is 0 Å². The zero-order valence-corrected chi connectivity index (χ0v) is 14.1. The Morgan fingerprint density at radius 1 is 1.19 bits per heavy atom. The second-order valence-electron chi connectivity index (χ2n) is 6.71. The number of nitrogen functional groups attached to an aromatic ring is 1. The van der Waals surface area contributed by atoms with Crippen molar-refractivity contribution in [2.45, 2.75) is 44.6 Å². The van der Waals surface area contributed by atoms with Gasteiger partial charge in [-0.3, -0.25) is 0 Å². The van der Waals surface area contributed by atoms with Gasteiger partial charge in [-0.05, 0) is 43.4 Å². The van der Waals surface area contributed by atoms with Gasteiger partial charge in [0.15, 0.2) is 0 Å². The van der Waals surface area contributed by atoms with Crippen LogP contribution in [0.15, 0.2) is 18.2 Å². The lowest BCUT2D eigenvalue weighted by molar-refractivity contribution is -0.140. The number of hydrogen-bond donors (Lipinski definition) is 1.